The van der Waals surface area contributed by atoms with Crippen molar-refractivity contribution in [1.82, 2.24) is 0 Å². The van der Waals surface area contributed by atoms with Crippen LogP contribution in [0.2, 0.25) is 0 Å². The molecule has 6 heteroatoms. The highest BCUT2D eigenvalue weighted by molar-refractivity contribution is 7.92. The van der Waals surface area contributed by atoms with Crippen molar-refractivity contribution in [1.29, 1.82) is 0 Å². The molecule has 0 unspecified atom stereocenters. The summed E-state index contributed by atoms with van der Waals surface area (Å²) in [7, 11) is -2.59. The number of hydrogen-bond acceptors (Lipinski definition) is 4. The quantitative estimate of drug-likeness (QED) is 0.526. The van der Waals surface area contributed by atoms with Crippen LogP contribution in [0.1, 0.15) is 27.0 Å². The summed E-state index contributed by atoms with van der Waals surface area (Å²) in [6, 6.07) is 20.4. The van der Waals surface area contributed by atoms with Crippen molar-refractivity contribution < 1.29 is 17.9 Å². The van der Waals surface area contributed by atoms with E-state index in [0.29, 0.717) is 5.56 Å². The summed E-state index contributed by atoms with van der Waals surface area (Å²) >= 11 is 0. The number of carbonyl (C=O) groups excluding carboxylic acids is 1. The van der Waals surface area contributed by atoms with Crippen molar-refractivity contribution in [3.63, 3.8) is 0 Å². The largest absolute Gasteiger partial charge is 0.465 e. The van der Waals surface area contributed by atoms with Crippen LogP contribution in [-0.4, -0.2) is 21.5 Å². The lowest BCUT2D eigenvalue weighted by Gasteiger charge is -2.11. The van der Waals surface area contributed by atoms with E-state index in [2.05, 4.69) is 16.6 Å². The van der Waals surface area contributed by atoms with Gasteiger partial charge in [0.15, 0.2) is 0 Å². The van der Waals surface area contributed by atoms with E-state index >= 15 is 0 Å². The van der Waals surface area contributed by atoms with Gasteiger partial charge in [-0.2, -0.15) is 0 Å². The van der Waals surface area contributed by atoms with Crippen molar-refractivity contribution in [3.05, 3.63) is 95.1 Å². The smallest absolute Gasteiger partial charge is 0.337 e. The first-order valence-electron chi connectivity index (χ1n) is 8.78. The van der Waals surface area contributed by atoms with Crippen LogP contribution in [0.4, 0.5) is 5.69 Å². The van der Waals surface area contributed by atoms with Gasteiger partial charge in [0, 0.05) is 11.1 Å². The van der Waals surface area contributed by atoms with Crippen LogP contribution >= 0.6 is 0 Å². The summed E-state index contributed by atoms with van der Waals surface area (Å²) in [6.45, 7) is 1.88. The lowest BCUT2D eigenvalue weighted by molar-refractivity contribution is 0.0601. The minimum atomic E-state index is -3.85. The van der Waals surface area contributed by atoms with Gasteiger partial charge in [-0.25, -0.2) is 13.2 Å². The van der Waals surface area contributed by atoms with Crippen molar-refractivity contribution in [2.45, 2.75) is 11.8 Å². The predicted octanol–water partition coefficient (Wildman–Crippen LogP) is 3.98. The minimum Gasteiger partial charge on any atom is -0.465 e. The zero-order chi connectivity index (χ0) is 20.9. The van der Waals surface area contributed by atoms with Crippen LogP contribution in [-0.2, 0) is 14.8 Å². The fraction of sp³-hybridized carbons (Fsp3) is 0.0870. The maximum Gasteiger partial charge on any atom is 0.337 e. The molecule has 0 saturated carbocycles. The molecule has 0 aliphatic carbocycles. The molecule has 5 nitrogen and oxygen atoms in total. The minimum absolute atomic E-state index is 0.119. The molecule has 0 radical (unpaired) electrons. The highest BCUT2D eigenvalue weighted by atomic mass is 32.2. The summed E-state index contributed by atoms with van der Waals surface area (Å²) in [5, 5.41) is 0. The average molecular weight is 405 g/mol. The van der Waals surface area contributed by atoms with E-state index in [9.17, 15) is 13.2 Å². The van der Waals surface area contributed by atoms with Crippen molar-refractivity contribution in [2.24, 2.45) is 0 Å². The Hall–Kier alpha value is -3.56. The standard InChI is InChI=1S/C23H19NO4S/c1-17-8-14-21(15-9-17)29(26,27)24-22-16-20(23(25)28-2)13-12-19(22)11-10-18-6-4-3-5-7-18/h3-9,12-16,24H,1-2H3. The Kier molecular flexibility index (Phi) is 6.01. The lowest BCUT2D eigenvalue weighted by Crippen LogP contribution is -2.14. The summed E-state index contributed by atoms with van der Waals surface area (Å²) in [4.78, 5) is 12.0. The Morgan fingerprint density at radius 2 is 1.62 bits per heavy atom. The molecule has 0 bridgehead atoms. The summed E-state index contributed by atoms with van der Waals surface area (Å²) in [5.41, 5.74) is 2.61. The van der Waals surface area contributed by atoms with Crippen LogP contribution < -0.4 is 4.72 Å². The molecule has 0 saturated heterocycles. The molecule has 0 fully saturated rings. The van der Waals surface area contributed by atoms with Gasteiger partial charge >= 0.3 is 5.97 Å². The monoisotopic (exact) mass is 405 g/mol. The van der Waals surface area contributed by atoms with E-state index in [1.807, 2.05) is 37.3 Å². The zero-order valence-electron chi connectivity index (χ0n) is 16.0. The number of ether oxygens (including phenoxy) is 1. The summed E-state index contributed by atoms with van der Waals surface area (Å²) in [5.74, 6) is 5.40. The van der Waals surface area contributed by atoms with E-state index in [4.69, 9.17) is 4.74 Å². The normalized spacial score (nSPS) is 10.6. The number of rotatable bonds is 4. The van der Waals surface area contributed by atoms with Gasteiger partial charge in [0.05, 0.1) is 23.3 Å². The molecule has 3 aromatic carbocycles. The van der Waals surface area contributed by atoms with Crippen LogP contribution in [0.15, 0.2) is 77.7 Å². The van der Waals surface area contributed by atoms with E-state index in [-0.39, 0.29) is 16.1 Å². The maximum atomic E-state index is 12.8. The molecule has 0 spiro atoms. The first kappa shape index (κ1) is 20.2. The number of esters is 1. The number of methoxy groups -OCH3 is 1. The molecular formula is C23H19NO4S. The number of carbonyl (C=O) groups is 1. The Morgan fingerprint density at radius 3 is 2.28 bits per heavy atom. The second kappa shape index (κ2) is 8.63. The number of hydrogen-bond donors (Lipinski definition) is 1. The third-order valence-electron chi connectivity index (χ3n) is 4.13. The molecule has 0 heterocycles. The van der Waals surface area contributed by atoms with Crippen LogP contribution in [0, 0.1) is 18.8 Å². The molecule has 146 valence electrons. The Morgan fingerprint density at radius 1 is 0.931 bits per heavy atom. The second-order valence-electron chi connectivity index (χ2n) is 6.29. The Balaban J connectivity index is 2.03. The first-order chi connectivity index (χ1) is 13.9. The van der Waals surface area contributed by atoms with Crippen molar-refractivity contribution in [2.75, 3.05) is 11.8 Å². The number of aryl methyl sites for hydroxylation is 1. The molecule has 3 rings (SSSR count). The van der Waals surface area contributed by atoms with E-state index in [0.717, 1.165) is 11.1 Å². The molecule has 0 amide bonds. The average Bonchev–Trinajstić information content (AvgIpc) is 2.73. The predicted molar refractivity (Wildman–Crippen MR) is 112 cm³/mol. The van der Waals surface area contributed by atoms with Crippen molar-refractivity contribution >= 4 is 21.7 Å². The number of nitrogens with one attached hydrogen (secondary N) is 1. The second-order valence-corrected chi connectivity index (χ2v) is 7.97. The molecule has 0 aliphatic rings. The van der Waals surface area contributed by atoms with E-state index < -0.39 is 16.0 Å². The van der Waals surface area contributed by atoms with Gasteiger partial charge in [-0.1, -0.05) is 47.7 Å². The van der Waals surface area contributed by atoms with Crippen molar-refractivity contribution in [3.8, 4) is 11.8 Å². The Labute approximate surface area is 170 Å². The molecule has 0 atom stereocenters. The highest BCUT2D eigenvalue weighted by Gasteiger charge is 2.17. The fourth-order valence-electron chi connectivity index (χ4n) is 2.56. The van der Waals surface area contributed by atoms with E-state index in [1.165, 1.54) is 25.3 Å². The fourth-order valence-corrected chi connectivity index (χ4v) is 3.64. The van der Waals surface area contributed by atoms with Gasteiger partial charge in [-0.15, -0.1) is 0 Å². The molecule has 29 heavy (non-hydrogen) atoms. The molecule has 0 aliphatic heterocycles. The summed E-state index contributed by atoms with van der Waals surface area (Å²) < 4.78 is 32.9. The van der Waals surface area contributed by atoms with Gasteiger partial charge < -0.3 is 4.74 Å². The third kappa shape index (κ3) is 5.03. The first-order valence-corrected chi connectivity index (χ1v) is 10.3. The van der Waals surface area contributed by atoms with Gasteiger partial charge in [0.1, 0.15) is 0 Å². The van der Waals surface area contributed by atoms with Crippen LogP contribution in [0.5, 0.6) is 0 Å². The molecule has 1 N–H and O–H groups in total. The van der Waals surface area contributed by atoms with E-state index in [1.54, 1.807) is 24.3 Å². The van der Waals surface area contributed by atoms with Crippen LogP contribution in [0.25, 0.3) is 0 Å². The van der Waals surface area contributed by atoms with Gasteiger partial charge in [0.2, 0.25) is 0 Å². The maximum absolute atomic E-state index is 12.8. The molecule has 3 aromatic rings. The summed E-state index contributed by atoms with van der Waals surface area (Å²) in [6.07, 6.45) is 0. The lowest BCUT2D eigenvalue weighted by atomic mass is 10.1. The van der Waals surface area contributed by atoms with Gasteiger partial charge in [0.25, 0.3) is 10.0 Å². The number of sulfonamides is 1. The van der Waals surface area contributed by atoms with Crippen LogP contribution in [0.3, 0.4) is 0 Å². The Bertz CT molecular complexity index is 1190. The van der Waals surface area contributed by atoms with Gasteiger partial charge in [-0.05, 0) is 49.4 Å². The molecule has 0 aromatic heterocycles. The third-order valence-corrected chi connectivity index (χ3v) is 5.51. The topological polar surface area (TPSA) is 72.5 Å². The zero-order valence-corrected chi connectivity index (χ0v) is 16.8. The van der Waals surface area contributed by atoms with Gasteiger partial charge in [-0.3, -0.25) is 4.72 Å². The SMILES string of the molecule is COC(=O)c1ccc(C#Cc2ccccc2)c(NS(=O)(=O)c2ccc(C)cc2)c1. The number of anilines is 1. The highest BCUT2D eigenvalue weighted by Crippen LogP contribution is 2.22. The molecular weight excluding hydrogens is 386 g/mol. The number of benzene rings is 3.